The molecule has 92 valence electrons. The smallest absolute Gasteiger partial charge is 0.0981 e. The molecule has 2 rings (SSSR count). The Hall–Kier alpha value is -1.85. The minimum absolute atomic E-state index is 0.230. The first kappa shape index (κ1) is 12.6. The van der Waals surface area contributed by atoms with Crippen molar-refractivity contribution in [2.24, 2.45) is 23.3 Å². The van der Waals surface area contributed by atoms with Gasteiger partial charge >= 0.3 is 0 Å². The summed E-state index contributed by atoms with van der Waals surface area (Å²) in [5, 5.41) is 19.4. The van der Waals surface area contributed by atoms with Crippen LogP contribution in [0.3, 0.4) is 0 Å². The largest absolute Gasteiger partial charge is 0.392 e. The first-order valence-electron chi connectivity index (χ1n) is 5.81. The van der Waals surface area contributed by atoms with Gasteiger partial charge in [0.15, 0.2) is 0 Å². The lowest BCUT2D eigenvalue weighted by Crippen LogP contribution is -2.26. The number of hydrogen-bond acceptors (Lipinski definition) is 5. The van der Waals surface area contributed by atoms with Gasteiger partial charge in [0.05, 0.1) is 33.3 Å². The van der Waals surface area contributed by atoms with Crippen molar-refractivity contribution in [3.05, 3.63) is 33.4 Å². The molecule has 0 aromatic heterocycles. The Morgan fingerprint density at radius 2 is 1.72 bits per heavy atom. The molecule has 0 spiro atoms. The highest BCUT2D eigenvalue weighted by Crippen LogP contribution is 2.43. The second-order valence-electron chi connectivity index (χ2n) is 4.40. The Balaban J connectivity index is 2.43. The van der Waals surface area contributed by atoms with Crippen molar-refractivity contribution in [3.8, 4) is 12.1 Å². The molecule has 4 N–H and O–H groups in total. The molecule has 18 heavy (non-hydrogen) atoms. The van der Waals surface area contributed by atoms with Gasteiger partial charge in [0.1, 0.15) is 0 Å². The maximum atomic E-state index is 9.27. The average Bonchev–Trinajstić information content (AvgIpc) is 2.39. The van der Waals surface area contributed by atoms with Gasteiger partial charge in [-0.25, -0.2) is 0 Å². The van der Waals surface area contributed by atoms with Gasteiger partial charge in [-0.15, -0.1) is 0 Å². The van der Waals surface area contributed by atoms with E-state index in [1.807, 2.05) is 0 Å². The zero-order valence-electron chi connectivity index (χ0n) is 9.89. The maximum absolute atomic E-state index is 9.27. The van der Waals surface area contributed by atoms with E-state index < -0.39 is 0 Å². The number of allylic oxidation sites excluding steroid dienone is 4. The number of hydrogen-bond donors (Lipinski definition) is 2. The zero-order chi connectivity index (χ0) is 13.1. The molecule has 5 heteroatoms. The van der Waals surface area contributed by atoms with Gasteiger partial charge in [-0.1, -0.05) is 23.9 Å². The van der Waals surface area contributed by atoms with E-state index in [-0.39, 0.29) is 11.8 Å². The molecule has 4 nitrogen and oxygen atoms in total. The summed E-state index contributed by atoms with van der Waals surface area (Å²) in [5.74, 6) is 0.0171. The lowest BCUT2D eigenvalue weighted by atomic mass is 9.75. The van der Waals surface area contributed by atoms with Crippen molar-refractivity contribution in [1.29, 1.82) is 10.5 Å². The summed E-state index contributed by atoms with van der Waals surface area (Å²) < 4.78 is 0. The van der Waals surface area contributed by atoms with E-state index in [1.54, 1.807) is 0 Å². The number of nitrogens with two attached hydrogens (primary N) is 2. The highest BCUT2D eigenvalue weighted by atomic mass is 32.2. The summed E-state index contributed by atoms with van der Waals surface area (Å²) in [5.41, 5.74) is 12.8. The van der Waals surface area contributed by atoms with Gasteiger partial charge < -0.3 is 11.5 Å². The van der Waals surface area contributed by atoms with E-state index in [9.17, 15) is 10.5 Å². The maximum Gasteiger partial charge on any atom is 0.0981 e. The molecule has 1 aliphatic heterocycles. The SMILES string of the molecule is N#CC1=C(N)SC(N)=C(C#N)C1[C@H]1CC=CCC1. The summed E-state index contributed by atoms with van der Waals surface area (Å²) in [4.78, 5) is 0. The van der Waals surface area contributed by atoms with Crippen LogP contribution in [0.2, 0.25) is 0 Å². The Morgan fingerprint density at radius 3 is 2.17 bits per heavy atom. The van der Waals surface area contributed by atoms with Crippen LogP contribution < -0.4 is 11.5 Å². The zero-order valence-corrected chi connectivity index (χ0v) is 10.7. The summed E-state index contributed by atoms with van der Waals surface area (Å²) in [6.45, 7) is 0. The fraction of sp³-hybridized carbons (Fsp3) is 0.385. The van der Waals surface area contributed by atoms with Gasteiger partial charge in [0, 0.05) is 5.92 Å². The Kier molecular flexibility index (Phi) is 3.64. The molecule has 1 aliphatic carbocycles. The van der Waals surface area contributed by atoms with Crippen molar-refractivity contribution < 1.29 is 0 Å². The van der Waals surface area contributed by atoms with Crippen LogP contribution in [0.4, 0.5) is 0 Å². The molecule has 1 atom stereocenters. The predicted octanol–water partition coefficient (Wildman–Crippen LogP) is 2.09. The Morgan fingerprint density at radius 1 is 1.11 bits per heavy atom. The van der Waals surface area contributed by atoms with Crippen molar-refractivity contribution in [1.82, 2.24) is 0 Å². The molecular formula is C13H14N4S. The molecule has 0 unspecified atom stereocenters. The van der Waals surface area contributed by atoms with Crippen molar-refractivity contribution in [2.75, 3.05) is 0 Å². The van der Waals surface area contributed by atoms with Crippen LogP contribution in [0.15, 0.2) is 33.4 Å². The van der Waals surface area contributed by atoms with Crippen LogP contribution in [0.1, 0.15) is 19.3 Å². The Bertz CT molecular complexity index is 494. The third-order valence-electron chi connectivity index (χ3n) is 3.39. The van der Waals surface area contributed by atoms with E-state index in [1.165, 1.54) is 0 Å². The topological polar surface area (TPSA) is 99.6 Å². The minimum atomic E-state index is -0.230. The summed E-state index contributed by atoms with van der Waals surface area (Å²) >= 11 is 1.13. The Labute approximate surface area is 111 Å². The van der Waals surface area contributed by atoms with Crippen LogP contribution in [0.25, 0.3) is 0 Å². The molecule has 0 aromatic rings. The first-order valence-corrected chi connectivity index (χ1v) is 6.63. The van der Waals surface area contributed by atoms with Crippen LogP contribution in [0.5, 0.6) is 0 Å². The average molecular weight is 258 g/mol. The summed E-state index contributed by atoms with van der Waals surface area (Å²) in [6.07, 6.45) is 7.04. The quantitative estimate of drug-likeness (QED) is 0.701. The van der Waals surface area contributed by atoms with Gasteiger partial charge in [-0.05, 0) is 25.2 Å². The van der Waals surface area contributed by atoms with Gasteiger partial charge in [-0.2, -0.15) is 10.5 Å². The lowest BCUT2D eigenvalue weighted by Gasteiger charge is -2.31. The number of nitriles is 2. The standard InChI is InChI=1S/C13H14N4S/c14-6-9-11(8-4-2-1-3-5-8)10(7-15)13(17)18-12(9)16/h1-2,8,11H,3-5,16-17H2/t8-/m0/s1. The van der Waals surface area contributed by atoms with Crippen LogP contribution in [-0.4, -0.2) is 0 Å². The molecule has 0 saturated heterocycles. The van der Waals surface area contributed by atoms with Gasteiger partial charge in [-0.3, -0.25) is 0 Å². The number of thioether (sulfide) groups is 1. The van der Waals surface area contributed by atoms with Crippen molar-refractivity contribution in [3.63, 3.8) is 0 Å². The third kappa shape index (κ3) is 2.10. The molecule has 0 saturated carbocycles. The van der Waals surface area contributed by atoms with E-state index in [2.05, 4.69) is 24.3 Å². The van der Waals surface area contributed by atoms with Crippen LogP contribution >= 0.6 is 11.8 Å². The highest BCUT2D eigenvalue weighted by molar-refractivity contribution is 8.06. The van der Waals surface area contributed by atoms with Crippen LogP contribution in [0, 0.1) is 34.5 Å². The van der Waals surface area contributed by atoms with Crippen molar-refractivity contribution >= 4 is 11.8 Å². The van der Waals surface area contributed by atoms with E-state index in [4.69, 9.17) is 11.5 Å². The highest BCUT2D eigenvalue weighted by Gasteiger charge is 2.35. The lowest BCUT2D eigenvalue weighted by molar-refractivity contribution is 0.397. The molecule has 0 aromatic carbocycles. The second-order valence-corrected chi connectivity index (χ2v) is 5.49. The van der Waals surface area contributed by atoms with E-state index in [0.29, 0.717) is 21.2 Å². The molecule has 1 heterocycles. The van der Waals surface area contributed by atoms with E-state index >= 15 is 0 Å². The predicted molar refractivity (Wildman–Crippen MR) is 71.2 cm³/mol. The second kappa shape index (κ2) is 5.20. The van der Waals surface area contributed by atoms with Gasteiger partial charge in [0.2, 0.25) is 0 Å². The van der Waals surface area contributed by atoms with E-state index in [0.717, 1.165) is 31.0 Å². The molecule has 0 amide bonds. The minimum Gasteiger partial charge on any atom is -0.392 e. The number of rotatable bonds is 1. The molecule has 0 bridgehead atoms. The fourth-order valence-corrected chi connectivity index (χ4v) is 3.32. The van der Waals surface area contributed by atoms with Gasteiger partial charge in [0.25, 0.3) is 0 Å². The summed E-state index contributed by atoms with van der Waals surface area (Å²) in [7, 11) is 0. The third-order valence-corrected chi connectivity index (χ3v) is 4.27. The molecular weight excluding hydrogens is 244 g/mol. The summed E-state index contributed by atoms with van der Waals surface area (Å²) in [6, 6.07) is 4.31. The first-order chi connectivity index (χ1) is 8.69. The fourth-order valence-electron chi connectivity index (χ4n) is 2.52. The van der Waals surface area contributed by atoms with Crippen LogP contribution in [-0.2, 0) is 0 Å². The molecule has 0 fully saturated rings. The monoisotopic (exact) mass is 258 g/mol. The molecule has 2 aliphatic rings. The normalized spacial score (nSPS) is 24.9. The van der Waals surface area contributed by atoms with Crippen molar-refractivity contribution in [2.45, 2.75) is 19.3 Å². The molecule has 0 radical (unpaired) electrons. The number of nitrogens with zero attached hydrogens (tertiary/aromatic N) is 2.